The van der Waals surface area contributed by atoms with Gasteiger partial charge in [0.1, 0.15) is 5.82 Å². The highest BCUT2D eigenvalue weighted by Gasteiger charge is 2.35. The molecule has 1 fully saturated rings. The van der Waals surface area contributed by atoms with Crippen LogP contribution in [0.3, 0.4) is 0 Å². The number of nitrogens with zero attached hydrogens (tertiary/aromatic N) is 3. The summed E-state index contributed by atoms with van der Waals surface area (Å²) in [6.07, 6.45) is -1.20. The molecule has 118 valence electrons. The van der Waals surface area contributed by atoms with Crippen molar-refractivity contribution in [1.82, 2.24) is 9.88 Å². The van der Waals surface area contributed by atoms with Crippen LogP contribution in [0.4, 0.5) is 19.0 Å². The van der Waals surface area contributed by atoms with E-state index in [1.165, 1.54) is 12.3 Å². The molecule has 7 heteroatoms. The molecule has 4 nitrogen and oxygen atoms in total. The molecule has 1 saturated heterocycles. The van der Waals surface area contributed by atoms with Crippen molar-refractivity contribution in [2.45, 2.75) is 19.0 Å². The first-order valence-electron chi connectivity index (χ1n) is 7.22. The zero-order chi connectivity index (χ0) is 15.3. The second-order valence-electron chi connectivity index (χ2n) is 5.20. The van der Waals surface area contributed by atoms with Gasteiger partial charge < -0.3 is 15.5 Å². The molecule has 0 aliphatic carbocycles. The van der Waals surface area contributed by atoms with E-state index in [1.807, 2.05) is 0 Å². The summed E-state index contributed by atoms with van der Waals surface area (Å²) >= 11 is 0. The number of aromatic nitrogens is 1. The standard InChI is InChI=1S/C14H21F3N4/c15-14(16,17)12-4-1-6-19-13(12)21-9-3-8-20(10-11-21)7-2-5-18/h1,4,6H,2-3,5,7-11,18H2. The number of anilines is 1. The van der Waals surface area contributed by atoms with Gasteiger partial charge in [-0.15, -0.1) is 0 Å². The number of halogens is 3. The predicted octanol–water partition coefficient (Wildman–Crippen LogP) is 1.96. The van der Waals surface area contributed by atoms with E-state index in [-0.39, 0.29) is 5.82 Å². The van der Waals surface area contributed by atoms with E-state index in [9.17, 15) is 13.2 Å². The molecule has 2 rings (SSSR count). The van der Waals surface area contributed by atoms with Crippen LogP contribution in [0.1, 0.15) is 18.4 Å². The molecule has 0 atom stereocenters. The lowest BCUT2D eigenvalue weighted by Crippen LogP contribution is -2.33. The number of pyridine rings is 1. The predicted molar refractivity (Wildman–Crippen MR) is 76.2 cm³/mol. The van der Waals surface area contributed by atoms with Gasteiger partial charge in [0.25, 0.3) is 0 Å². The summed E-state index contributed by atoms with van der Waals surface area (Å²) in [5.74, 6) is 0.0469. The number of hydrogen-bond donors (Lipinski definition) is 1. The van der Waals surface area contributed by atoms with Crippen LogP contribution in [0.15, 0.2) is 18.3 Å². The topological polar surface area (TPSA) is 45.4 Å². The highest BCUT2D eigenvalue weighted by atomic mass is 19.4. The van der Waals surface area contributed by atoms with Crippen molar-refractivity contribution in [2.24, 2.45) is 5.73 Å². The molecule has 0 aromatic carbocycles. The van der Waals surface area contributed by atoms with Crippen molar-refractivity contribution < 1.29 is 13.2 Å². The van der Waals surface area contributed by atoms with Crippen molar-refractivity contribution in [1.29, 1.82) is 0 Å². The van der Waals surface area contributed by atoms with Crippen LogP contribution in [0.2, 0.25) is 0 Å². The van der Waals surface area contributed by atoms with E-state index in [0.717, 1.165) is 38.5 Å². The molecule has 1 aliphatic rings. The molecule has 0 saturated carbocycles. The van der Waals surface area contributed by atoms with Gasteiger partial charge in [-0.05, 0) is 44.6 Å². The normalized spacial score (nSPS) is 17.8. The Balaban J connectivity index is 2.09. The first kappa shape index (κ1) is 16.0. The van der Waals surface area contributed by atoms with Gasteiger partial charge in [-0.3, -0.25) is 0 Å². The maximum atomic E-state index is 13.1. The molecule has 0 radical (unpaired) electrons. The fourth-order valence-corrected chi connectivity index (χ4v) is 2.59. The van der Waals surface area contributed by atoms with Crippen LogP contribution in [-0.4, -0.2) is 49.2 Å². The summed E-state index contributed by atoms with van der Waals surface area (Å²) in [5.41, 5.74) is 4.85. The highest BCUT2D eigenvalue weighted by molar-refractivity contribution is 5.48. The fraction of sp³-hybridized carbons (Fsp3) is 0.643. The molecule has 2 N–H and O–H groups in total. The number of alkyl halides is 3. The van der Waals surface area contributed by atoms with Crippen LogP contribution >= 0.6 is 0 Å². The summed E-state index contributed by atoms with van der Waals surface area (Å²) < 4.78 is 39.2. The highest BCUT2D eigenvalue weighted by Crippen LogP contribution is 2.35. The lowest BCUT2D eigenvalue weighted by molar-refractivity contribution is -0.137. The Bertz CT molecular complexity index is 450. The Labute approximate surface area is 122 Å². The summed E-state index contributed by atoms with van der Waals surface area (Å²) in [4.78, 5) is 7.96. The minimum atomic E-state index is -4.37. The Morgan fingerprint density at radius 3 is 2.71 bits per heavy atom. The minimum Gasteiger partial charge on any atom is -0.355 e. The summed E-state index contributed by atoms with van der Waals surface area (Å²) in [7, 11) is 0. The molecule has 1 aromatic heterocycles. The third-order valence-corrected chi connectivity index (χ3v) is 3.66. The van der Waals surface area contributed by atoms with E-state index in [1.54, 1.807) is 4.90 Å². The van der Waals surface area contributed by atoms with Crippen LogP contribution in [0, 0.1) is 0 Å². The third-order valence-electron chi connectivity index (χ3n) is 3.66. The molecule has 0 amide bonds. The molecule has 1 aromatic rings. The van der Waals surface area contributed by atoms with Crippen LogP contribution in [0.5, 0.6) is 0 Å². The van der Waals surface area contributed by atoms with E-state index in [4.69, 9.17) is 5.73 Å². The van der Waals surface area contributed by atoms with E-state index in [0.29, 0.717) is 19.6 Å². The first-order chi connectivity index (χ1) is 10.0. The quantitative estimate of drug-likeness (QED) is 0.923. The van der Waals surface area contributed by atoms with Crippen LogP contribution < -0.4 is 10.6 Å². The molecule has 2 heterocycles. The molecule has 0 unspecified atom stereocenters. The van der Waals surface area contributed by atoms with Crippen LogP contribution in [-0.2, 0) is 6.18 Å². The molecule has 1 aliphatic heterocycles. The van der Waals surface area contributed by atoms with Gasteiger partial charge >= 0.3 is 6.18 Å². The van der Waals surface area contributed by atoms with E-state index < -0.39 is 11.7 Å². The van der Waals surface area contributed by atoms with Gasteiger partial charge in [-0.1, -0.05) is 0 Å². The Morgan fingerprint density at radius 1 is 1.19 bits per heavy atom. The first-order valence-corrected chi connectivity index (χ1v) is 7.22. The average Bonchev–Trinajstić information content (AvgIpc) is 2.69. The van der Waals surface area contributed by atoms with Crippen molar-refractivity contribution >= 4 is 5.82 Å². The molecular weight excluding hydrogens is 281 g/mol. The summed E-state index contributed by atoms with van der Waals surface area (Å²) in [6, 6.07) is 2.43. The second kappa shape index (κ2) is 7.09. The van der Waals surface area contributed by atoms with Crippen molar-refractivity contribution in [2.75, 3.05) is 44.2 Å². The lowest BCUT2D eigenvalue weighted by atomic mass is 10.2. The van der Waals surface area contributed by atoms with E-state index >= 15 is 0 Å². The smallest absolute Gasteiger partial charge is 0.355 e. The summed E-state index contributed by atoms with van der Waals surface area (Å²) in [5, 5.41) is 0. The zero-order valence-corrected chi connectivity index (χ0v) is 11.9. The molecule has 0 bridgehead atoms. The van der Waals surface area contributed by atoms with Gasteiger partial charge in [-0.2, -0.15) is 13.2 Å². The monoisotopic (exact) mass is 302 g/mol. The van der Waals surface area contributed by atoms with Gasteiger partial charge in [0, 0.05) is 25.8 Å². The maximum absolute atomic E-state index is 13.1. The van der Waals surface area contributed by atoms with Gasteiger partial charge in [0.2, 0.25) is 0 Å². The maximum Gasteiger partial charge on any atom is 0.419 e. The van der Waals surface area contributed by atoms with E-state index in [2.05, 4.69) is 9.88 Å². The largest absolute Gasteiger partial charge is 0.419 e. The second-order valence-corrected chi connectivity index (χ2v) is 5.20. The average molecular weight is 302 g/mol. The molecule has 0 spiro atoms. The zero-order valence-electron chi connectivity index (χ0n) is 11.9. The minimum absolute atomic E-state index is 0.0469. The van der Waals surface area contributed by atoms with Crippen molar-refractivity contribution in [3.63, 3.8) is 0 Å². The van der Waals surface area contributed by atoms with Gasteiger partial charge in [0.15, 0.2) is 0 Å². The third kappa shape index (κ3) is 4.31. The molecule has 21 heavy (non-hydrogen) atoms. The van der Waals surface area contributed by atoms with Crippen molar-refractivity contribution in [3.05, 3.63) is 23.9 Å². The number of rotatable bonds is 4. The van der Waals surface area contributed by atoms with Crippen molar-refractivity contribution in [3.8, 4) is 0 Å². The summed E-state index contributed by atoms with van der Waals surface area (Å²) in [6.45, 7) is 4.33. The van der Waals surface area contributed by atoms with Gasteiger partial charge in [-0.25, -0.2) is 4.98 Å². The molecular formula is C14H21F3N4. The Morgan fingerprint density at radius 2 is 2.00 bits per heavy atom. The Hall–Kier alpha value is -1.34. The number of nitrogens with two attached hydrogens (primary N) is 1. The van der Waals surface area contributed by atoms with Crippen LogP contribution in [0.25, 0.3) is 0 Å². The fourth-order valence-electron chi connectivity index (χ4n) is 2.59. The Kier molecular flexibility index (Phi) is 5.41. The SMILES string of the molecule is NCCCN1CCCN(c2ncccc2C(F)(F)F)CC1. The van der Waals surface area contributed by atoms with Gasteiger partial charge in [0.05, 0.1) is 5.56 Å². The lowest BCUT2D eigenvalue weighted by Gasteiger charge is -2.25. The number of hydrogen-bond acceptors (Lipinski definition) is 4.